The summed E-state index contributed by atoms with van der Waals surface area (Å²) in [6, 6.07) is 9.77. The van der Waals surface area contributed by atoms with Gasteiger partial charge in [-0.1, -0.05) is 30.3 Å². The molecule has 2 rings (SSSR count). The van der Waals surface area contributed by atoms with Gasteiger partial charge in [-0.2, -0.15) is 13.2 Å². The predicted octanol–water partition coefficient (Wildman–Crippen LogP) is -3.34. The number of benzene rings is 1. The Morgan fingerprint density at radius 3 is 1.95 bits per heavy atom. The van der Waals surface area contributed by atoms with Crippen LogP contribution in [0.1, 0.15) is 17.9 Å². The zero-order chi connectivity index (χ0) is 15.6. The second-order valence-corrected chi connectivity index (χ2v) is 4.36. The summed E-state index contributed by atoms with van der Waals surface area (Å²) >= 11 is 0. The quantitative estimate of drug-likeness (QED) is 0.556. The van der Waals surface area contributed by atoms with Crippen LogP contribution in [0.15, 0.2) is 30.3 Å². The van der Waals surface area contributed by atoms with Gasteiger partial charge in [0.25, 0.3) is 0 Å². The minimum atomic E-state index is -5.19. The molecule has 1 aliphatic rings. The third kappa shape index (κ3) is 5.31. The molecule has 0 aromatic heterocycles. The summed E-state index contributed by atoms with van der Waals surface area (Å²) in [7, 11) is 0. The SMILES string of the molecule is NC(=O)[C@]1(N)C[C@@H]1c1ccccc1.O=C([O-])C(F)(F)F.[Na+]. The van der Waals surface area contributed by atoms with Crippen LogP contribution in [-0.2, 0) is 9.59 Å². The Balaban J connectivity index is 0.000000436. The zero-order valence-electron chi connectivity index (χ0n) is 11.2. The van der Waals surface area contributed by atoms with Gasteiger partial charge in [-0.05, 0) is 12.0 Å². The summed E-state index contributed by atoms with van der Waals surface area (Å²) in [4.78, 5) is 19.7. The predicted molar refractivity (Wildman–Crippen MR) is 61.0 cm³/mol. The molecular formula is C12H12F3N2NaO3. The first-order valence-corrected chi connectivity index (χ1v) is 5.51. The first-order chi connectivity index (χ1) is 9.09. The molecule has 0 radical (unpaired) electrons. The number of carboxylic acids is 1. The molecule has 1 amide bonds. The van der Waals surface area contributed by atoms with Crippen LogP contribution in [-0.4, -0.2) is 23.6 Å². The summed E-state index contributed by atoms with van der Waals surface area (Å²) < 4.78 is 31.5. The second-order valence-electron chi connectivity index (χ2n) is 4.36. The molecule has 0 aliphatic heterocycles. The fourth-order valence-electron chi connectivity index (χ4n) is 1.65. The molecule has 1 aromatic carbocycles. The fraction of sp³-hybridized carbons (Fsp3) is 0.333. The van der Waals surface area contributed by atoms with E-state index in [1.807, 2.05) is 30.3 Å². The van der Waals surface area contributed by atoms with E-state index in [1.54, 1.807) is 0 Å². The van der Waals surface area contributed by atoms with Gasteiger partial charge in [0.05, 0.1) is 0 Å². The number of carbonyl (C=O) groups is 2. The van der Waals surface area contributed by atoms with Crippen LogP contribution in [0.4, 0.5) is 13.2 Å². The van der Waals surface area contributed by atoms with Crippen molar-refractivity contribution in [2.24, 2.45) is 11.5 Å². The van der Waals surface area contributed by atoms with Crippen LogP contribution in [0.2, 0.25) is 0 Å². The van der Waals surface area contributed by atoms with Crippen molar-refractivity contribution < 1.29 is 57.4 Å². The molecule has 5 nitrogen and oxygen atoms in total. The van der Waals surface area contributed by atoms with Crippen LogP contribution < -0.4 is 46.1 Å². The number of carbonyl (C=O) groups excluding carboxylic acids is 2. The van der Waals surface area contributed by atoms with Crippen LogP contribution in [0.5, 0.6) is 0 Å². The number of rotatable bonds is 2. The van der Waals surface area contributed by atoms with Gasteiger partial charge >= 0.3 is 35.7 Å². The Morgan fingerprint density at radius 1 is 1.24 bits per heavy atom. The fourth-order valence-corrected chi connectivity index (χ4v) is 1.65. The van der Waals surface area contributed by atoms with Crippen LogP contribution in [0.25, 0.3) is 0 Å². The summed E-state index contributed by atoms with van der Waals surface area (Å²) in [5.41, 5.74) is 11.3. The number of hydrogen-bond donors (Lipinski definition) is 2. The van der Waals surface area contributed by atoms with Gasteiger partial charge < -0.3 is 21.4 Å². The number of alkyl halides is 3. The molecule has 0 bridgehead atoms. The maximum Gasteiger partial charge on any atom is 1.00 e. The largest absolute Gasteiger partial charge is 1.00 e. The Kier molecular flexibility index (Phi) is 6.88. The Hall–Kier alpha value is -1.09. The van der Waals surface area contributed by atoms with Gasteiger partial charge in [0.15, 0.2) is 0 Å². The number of hydrogen-bond acceptors (Lipinski definition) is 4. The molecule has 4 N–H and O–H groups in total. The van der Waals surface area contributed by atoms with Gasteiger partial charge in [0.1, 0.15) is 11.5 Å². The molecule has 0 heterocycles. The molecule has 110 valence electrons. The van der Waals surface area contributed by atoms with Gasteiger partial charge in [0.2, 0.25) is 5.91 Å². The third-order valence-electron chi connectivity index (χ3n) is 2.90. The maximum absolute atomic E-state index is 11.0. The van der Waals surface area contributed by atoms with E-state index in [0.717, 1.165) is 5.56 Å². The standard InChI is InChI=1S/C10H12N2O.C2HF3O2.Na/c11-9(13)10(12)6-8(10)7-4-2-1-3-5-7;3-2(4,5)1(6)7;/h1-5,8H,6,12H2,(H2,11,13);(H,6,7);/q;;+1/p-1/t8-,10+;;/m1../s1. The molecule has 9 heteroatoms. The molecule has 1 aromatic rings. The number of halogens is 3. The van der Waals surface area contributed by atoms with E-state index < -0.39 is 23.6 Å². The van der Waals surface area contributed by atoms with Crippen LogP contribution >= 0.6 is 0 Å². The van der Waals surface area contributed by atoms with Crippen molar-refractivity contribution in [3.63, 3.8) is 0 Å². The molecular weight excluding hydrogens is 300 g/mol. The topological polar surface area (TPSA) is 109 Å². The van der Waals surface area contributed by atoms with E-state index in [1.165, 1.54) is 0 Å². The van der Waals surface area contributed by atoms with E-state index in [-0.39, 0.29) is 35.5 Å². The molecule has 1 saturated carbocycles. The van der Waals surface area contributed by atoms with E-state index in [9.17, 15) is 18.0 Å². The third-order valence-corrected chi connectivity index (χ3v) is 2.90. The van der Waals surface area contributed by atoms with Crippen LogP contribution in [0.3, 0.4) is 0 Å². The monoisotopic (exact) mass is 312 g/mol. The minimum absolute atomic E-state index is 0. The second kappa shape index (κ2) is 7.26. The Morgan fingerprint density at radius 2 is 1.67 bits per heavy atom. The Labute approximate surface area is 140 Å². The molecule has 0 spiro atoms. The summed E-state index contributed by atoms with van der Waals surface area (Å²) in [6.45, 7) is 0. The number of aliphatic carboxylic acids is 1. The average Bonchev–Trinajstić information content (AvgIpc) is 3.04. The molecule has 1 aliphatic carbocycles. The Bertz CT molecular complexity index is 510. The first-order valence-electron chi connectivity index (χ1n) is 5.51. The number of primary amides is 1. The summed E-state index contributed by atoms with van der Waals surface area (Å²) in [5.74, 6) is -3.29. The molecule has 2 atom stereocenters. The number of nitrogens with two attached hydrogens (primary N) is 2. The summed E-state index contributed by atoms with van der Waals surface area (Å²) in [5, 5.41) is 8.78. The van der Waals surface area contributed by atoms with Crippen molar-refractivity contribution >= 4 is 11.9 Å². The van der Waals surface area contributed by atoms with E-state index in [0.29, 0.717) is 6.42 Å². The number of carboxylic acid groups (broad SMARTS) is 1. The molecule has 0 saturated heterocycles. The smallest absolute Gasteiger partial charge is 0.542 e. The van der Waals surface area contributed by atoms with E-state index >= 15 is 0 Å². The number of amides is 1. The van der Waals surface area contributed by atoms with Crippen molar-refractivity contribution in [3.8, 4) is 0 Å². The molecule has 1 fully saturated rings. The van der Waals surface area contributed by atoms with Crippen molar-refractivity contribution in [2.45, 2.75) is 24.1 Å². The van der Waals surface area contributed by atoms with Crippen molar-refractivity contribution in [1.29, 1.82) is 0 Å². The van der Waals surface area contributed by atoms with Crippen molar-refractivity contribution in [2.75, 3.05) is 0 Å². The minimum Gasteiger partial charge on any atom is -0.542 e. The maximum atomic E-state index is 11.0. The van der Waals surface area contributed by atoms with E-state index in [2.05, 4.69) is 0 Å². The van der Waals surface area contributed by atoms with Gasteiger partial charge in [-0.25, -0.2) is 0 Å². The average molecular weight is 312 g/mol. The van der Waals surface area contributed by atoms with Crippen molar-refractivity contribution in [1.82, 2.24) is 0 Å². The van der Waals surface area contributed by atoms with Gasteiger partial charge in [-0.15, -0.1) is 0 Å². The first kappa shape index (κ1) is 19.9. The molecule has 21 heavy (non-hydrogen) atoms. The van der Waals surface area contributed by atoms with E-state index in [4.69, 9.17) is 21.4 Å². The molecule has 0 unspecified atom stereocenters. The summed E-state index contributed by atoms with van der Waals surface area (Å²) in [6.07, 6.45) is -4.52. The van der Waals surface area contributed by atoms with Crippen molar-refractivity contribution in [3.05, 3.63) is 35.9 Å². The van der Waals surface area contributed by atoms with Gasteiger partial charge in [0, 0.05) is 5.92 Å². The van der Waals surface area contributed by atoms with Crippen LogP contribution in [0, 0.1) is 0 Å². The normalized spacial score (nSPS) is 23.1. The zero-order valence-corrected chi connectivity index (χ0v) is 13.2. The van der Waals surface area contributed by atoms with Gasteiger partial charge in [-0.3, -0.25) is 4.79 Å².